The molecule has 1 saturated carbocycles. The number of hydrogen-bond donors (Lipinski definition) is 0. The van der Waals surface area contributed by atoms with E-state index in [-0.39, 0.29) is 0 Å². The summed E-state index contributed by atoms with van der Waals surface area (Å²) in [6.07, 6.45) is 1.99. The van der Waals surface area contributed by atoms with Gasteiger partial charge in [-0.05, 0) is 57.4 Å². The van der Waals surface area contributed by atoms with Crippen molar-refractivity contribution in [3.63, 3.8) is 0 Å². The van der Waals surface area contributed by atoms with Crippen molar-refractivity contribution in [3.05, 3.63) is 59.7 Å². The molecular weight excluding hydrogens is 344 g/mol. The summed E-state index contributed by atoms with van der Waals surface area (Å²) in [4.78, 5) is 0. The number of hydrogen-bond acceptors (Lipinski definition) is 4. The van der Waals surface area contributed by atoms with Gasteiger partial charge in [0.05, 0.1) is 0 Å². The standard InChI is InChI=1S/C18H20O4S2/c1-14-4-8-16(9-5-14)21-23(19)18(12-3-13-18)24(20)22-17-10-6-15(2)7-11-17/h4-11H,3,12-13H2,1-2H3. The summed E-state index contributed by atoms with van der Waals surface area (Å²) in [5.74, 6) is 1.02. The molecule has 128 valence electrons. The second-order valence-corrected chi connectivity index (χ2v) is 9.12. The van der Waals surface area contributed by atoms with E-state index in [1.165, 1.54) is 0 Å². The minimum atomic E-state index is -1.73. The molecule has 2 aromatic carbocycles. The highest BCUT2D eigenvalue weighted by Crippen LogP contribution is 2.42. The molecule has 2 aromatic rings. The Morgan fingerprint density at radius 3 is 1.42 bits per heavy atom. The molecular formula is C18H20O4S2. The Morgan fingerprint density at radius 1 is 0.750 bits per heavy atom. The molecule has 6 heteroatoms. The van der Waals surface area contributed by atoms with E-state index in [4.69, 9.17) is 8.37 Å². The Balaban J connectivity index is 1.72. The third-order valence-corrected chi connectivity index (χ3v) is 7.64. The largest absolute Gasteiger partial charge is 0.399 e. The molecule has 1 aliphatic rings. The molecule has 0 aliphatic heterocycles. The molecule has 3 rings (SSSR count). The lowest BCUT2D eigenvalue weighted by Crippen LogP contribution is -2.49. The van der Waals surface area contributed by atoms with Crippen LogP contribution in [0.15, 0.2) is 48.5 Å². The van der Waals surface area contributed by atoms with Crippen LogP contribution in [0.5, 0.6) is 11.5 Å². The fourth-order valence-electron chi connectivity index (χ4n) is 2.37. The first-order valence-electron chi connectivity index (χ1n) is 7.83. The van der Waals surface area contributed by atoms with Crippen molar-refractivity contribution in [2.24, 2.45) is 0 Å². The summed E-state index contributed by atoms with van der Waals surface area (Å²) in [7, 11) is 0. The van der Waals surface area contributed by atoms with Crippen LogP contribution in [0.3, 0.4) is 0 Å². The summed E-state index contributed by atoms with van der Waals surface area (Å²) in [5, 5.41) is 0. The van der Waals surface area contributed by atoms with Crippen molar-refractivity contribution < 1.29 is 16.8 Å². The van der Waals surface area contributed by atoms with Crippen LogP contribution in [0.4, 0.5) is 0 Å². The predicted molar refractivity (Wildman–Crippen MR) is 96.5 cm³/mol. The maximum atomic E-state index is 12.7. The molecule has 0 heterocycles. The number of benzene rings is 2. The third kappa shape index (κ3) is 3.54. The van der Waals surface area contributed by atoms with E-state index in [2.05, 4.69) is 0 Å². The second-order valence-electron chi connectivity index (χ2n) is 6.03. The van der Waals surface area contributed by atoms with Gasteiger partial charge in [0.15, 0.2) is 4.08 Å². The molecule has 0 saturated heterocycles. The third-order valence-electron chi connectivity index (χ3n) is 4.11. The first kappa shape index (κ1) is 17.2. The highest BCUT2D eigenvalue weighted by molar-refractivity contribution is 8.00. The molecule has 0 N–H and O–H groups in total. The van der Waals surface area contributed by atoms with Crippen molar-refractivity contribution in [1.29, 1.82) is 0 Å². The zero-order valence-corrected chi connectivity index (χ0v) is 15.3. The van der Waals surface area contributed by atoms with E-state index >= 15 is 0 Å². The average Bonchev–Trinajstić information content (AvgIpc) is 2.51. The summed E-state index contributed by atoms with van der Waals surface area (Å²) >= 11 is -3.45. The van der Waals surface area contributed by atoms with Crippen LogP contribution in [-0.2, 0) is 22.2 Å². The van der Waals surface area contributed by atoms with Gasteiger partial charge in [-0.3, -0.25) is 0 Å². The normalized spacial score (nSPS) is 18.2. The second kappa shape index (κ2) is 7.07. The van der Waals surface area contributed by atoms with Crippen molar-refractivity contribution >= 4 is 22.2 Å². The Hall–Kier alpha value is -1.66. The maximum absolute atomic E-state index is 12.7. The van der Waals surface area contributed by atoms with Crippen LogP contribution in [-0.4, -0.2) is 12.5 Å². The van der Waals surface area contributed by atoms with Gasteiger partial charge in [0, 0.05) is 0 Å². The molecule has 2 unspecified atom stereocenters. The van der Waals surface area contributed by atoms with E-state index in [1.54, 1.807) is 24.3 Å². The molecule has 1 fully saturated rings. The molecule has 4 nitrogen and oxygen atoms in total. The minimum absolute atomic E-state index is 0.512. The zero-order valence-electron chi connectivity index (χ0n) is 13.7. The molecule has 0 radical (unpaired) electrons. The lowest BCUT2D eigenvalue weighted by molar-refractivity contribution is 0.402. The van der Waals surface area contributed by atoms with Crippen LogP contribution in [0.1, 0.15) is 30.4 Å². The summed E-state index contributed by atoms with van der Waals surface area (Å²) < 4.78 is 35.6. The molecule has 2 atom stereocenters. The smallest absolute Gasteiger partial charge is 0.229 e. The highest BCUT2D eigenvalue weighted by atomic mass is 32.3. The molecule has 0 aromatic heterocycles. The first-order chi connectivity index (χ1) is 11.5. The van der Waals surface area contributed by atoms with E-state index in [0.717, 1.165) is 17.5 Å². The Bertz CT molecular complexity index is 688. The number of rotatable bonds is 6. The van der Waals surface area contributed by atoms with Crippen LogP contribution in [0.2, 0.25) is 0 Å². The van der Waals surface area contributed by atoms with Crippen LogP contribution >= 0.6 is 0 Å². The molecule has 0 amide bonds. The van der Waals surface area contributed by atoms with Gasteiger partial charge in [-0.2, -0.15) is 0 Å². The van der Waals surface area contributed by atoms with Crippen molar-refractivity contribution in [3.8, 4) is 11.5 Å². The van der Waals surface area contributed by atoms with E-state index in [9.17, 15) is 8.42 Å². The van der Waals surface area contributed by atoms with Crippen molar-refractivity contribution in [1.82, 2.24) is 0 Å². The highest BCUT2D eigenvalue weighted by Gasteiger charge is 2.53. The van der Waals surface area contributed by atoms with Gasteiger partial charge in [0.2, 0.25) is 22.2 Å². The minimum Gasteiger partial charge on any atom is -0.399 e. The first-order valence-corrected chi connectivity index (χ1v) is 9.98. The number of aryl methyl sites for hydroxylation is 2. The van der Waals surface area contributed by atoms with E-state index in [1.807, 2.05) is 38.1 Å². The topological polar surface area (TPSA) is 52.6 Å². The quantitative estimate of drug-likeness (QED) is 0.778. The van der Waals surface area contributed by atoms with Gasteiger partial charge in [-0.15, -0.1) is 0 Å². The molecule has 24 heavy (non-hydrogen) atoms. The van der Waals surface area contributed by atoms with Gasteiger partial charge in [-0.25, -0.2) is 8.42 Å². The van der Waals surface area contributed by atoms with Gasteiger partial charge >= 0.3 is 0 Å². The fraction of sp³-hybridized carbons (Fsp3) is 0.333. The van der Waals surface area contributed by atoms with Crippen molar-refractivity contribution in [2.75, 3.05) is 0 Å². The van der Waals surface area contributed by atoms with Gasteiger partial charge in [0.1, 0.15) is 11.5 Å². The van der Waals surface area contributed by atoms with Crippen LogP contribution in [0.25, 0.3) is 0 Å². The lowest BCUT2D eigenvalue weighted by Gasteiger charge is -2.36. The monoisotopic (exact) mass is 364 g/mol. The van der Waals surface area contributed by atoms with Gasteiger partial charge in [-0.1, -0.05) is 35.4 Å². The average molecular weight is 364 g/mol. The van der Waals surface area contributed by atoms with Gasteiger partial charge < -0.3 is 8.37 Å². The SMILES string of the molecule is Cc1ccc(OS(=O)C2(S(=O)Oc3ccc(C)cc3)CCC2)cc1. The Labute approximate surface area is 147 Å². The van der Waals surface area contributed by atoms with Gasteiger partial charge in [0.25, 0.3) is 0 Å². The Kier molecular flexibility index (Phi) is 5.06. The van der Waals surface area contributed by atoms with E-state index < -0.39 is 26.2 Å². The molecule has 0 spiro atoms. The lowest BCUT2D eigenvalue weighted by atomic mass is 9.99. The van der Waals surface area contributed by atoms with Crippen LogP contribution < -0.4 is 8.37 Å². The predicted octanol–water partition coefficient (Wildman–Crippen LogP) is 3.97. The fourth-order valence-corrected chi connectivity index (χ4v) is 5.14. The zero-order chi connectivity index (χ0) is 17.2. The summed E-state index contributed by atoms with van der Waals surface area (Å²) in [6.45, 7) is 3.94. The van der Waals surface area contributed by atoms with E-state index in [0.29, 0.717) is 24.3 Å². The van der Waals surface area contributed by atoms with Crippen LogP contribution in [0, 0.1) is 13.8 Å². The van der Waals surface area contributed by atoms with Crippen molar-refractivity contribution in [2.45, 2.75) is 37.2 Å². The summed E-state index contributed by atoms with van der Waals surface area (Å²) in [6, 6.07) is 14.6. The molecule has 1 aliphatic carbocycles. The maximum Gasteiger partial charge on any atom is 0.229 e. The summed E-state index contributed by atoms with van der Waals surface area (Å²) in [5.41, 5.74) is 2.19. The molecule has 0 bridgehead atoms. The Morgan fingerprint density at radius 2 is 1.12 bits per heavy atom.